The Morgan fingerprint density at radius 1 is 1.37 bits per heavy atom. The number of esters is 1. The molecule has 1 fully saturated rings. The summed E-state index contributed by atoms with van der Waals surface area (Å²) in [6, 6.07) is 3.53. The van der Waals surface area contributed by atoms with Gasteiger partial charge in [0.15, 0.2) is 0 Å². The number of carbonyl (C=O) groups is 2. The van der Waals surface area contributed by atoms with E-state index in [1.165, 1.54) is 7.11 Å². The number of benzene rings is 1. The fraction of sp³-hybridized carbons (Fsp3) is 0.429. The van der Waals surface area contributed by atoms with Crippen molar-refractivity contribution in [3.8, 4) is 0 Å². The van der Waals surface area contributed by atoms with Crippen molar-refractivity contribution >= 4 is 33.5 Å². The van der Waals surface area contributed by atoms with E-state index in [9.17, 15) is 9.59 Å². The molecule has 1 atom stereocenters. The molecular formula is C14H16BrNO3. The highest BCUT2D eigenvalue weighted by Crippen LogP contribution is 2.31. The van der Waals surface area contributed by atoms with Gasteiger partial charge in [0.1, 0.15) is 0 Å². The number of methoxy groups -OCH3 is 1. The van der Waals surface area contributed by atoms with Gasteiger partial charge < -0.3 is 9.64 Å². The van der Waals surface area contributed by atoms with Gasteiger partial charge in [0.2, 0.25) is 5.91 Å². The summed E-state index contributed by atoms with van der Waals surface area (Å²) in [5, 5.41) is 0. The summed E-state index contributed by atoms with van der Waals surface area (Å²) >= 11 is 3.48. The highest BCUT2D eigenvalue weighted by Gasteiger charge is 2.30. The zero-order valence-electron chi connectivity index (χ0n) is 11.2. The van der Waals surface area contributed by atoms with Crippen molar-refractivity contribution in [2.45, 2.75) is 25.1 Å². The lowest BCUT2D eigenvalue weighted by atomic mass is 10.0. The van der Waals surface area contributed by atoms with Crippen LogP contribution in [0.3, 0.4) is 0 Å². The monoisotopic (exact) mass is 325 g/mol. The molecule has 0 aliphatic carbocycles. The van der Waals surface area contributed by atoms with Gasteiger partial charge in [0, 0.05) is 23.5 Å². The van der Waals surface area contributed by atoms with Gasteiger partial charge in [-0.15, -0.1) is 0 Å². The van der Waals surface area contributed by atoms with Gasteiger partial charge in [-0.3, -0.25) is 4.79 Å². The topological polar surface area (TPSA) is 46.6 Å². The summed E-state index contributed by atoms with van der Waals surface area (Å²) in [5.41, 5.74) is 3.24. The van der Waals surface area contributed by atoms with Gasteiger partial charge in [-0.1, -0.05) is 15.9 Å². The molecule has 0 aromatic heterocycles. The van der Waals surface area contributed by atoms with Crippen LogP contribution in [0.4, 0.5) is 5.69 Å². The molecule has 0 bridgehead atoms. The molecule has 19 heavy (non-hydrogen) atoms. The Kier molecular flexibility index (Phi) is 3.94. The van der Waals surface area contributed by atoms with E-state index in [2.05, 4.69) is 15.9 Å². The molecular weight excluding hydrogens is 310 g/mol. The number of carbonyl (C=O) groups excluding carboxylic acids is 2. The largest absolute Gasteiger partial charge is 0.465 e. The minimum absolute atomic E-state index is 0.110. The summed E-state index contributed by atoms with van der Waals surface area (Å²) in [6.45, 7) is 4.48. The average Bonchev–Trinajstić information content (AvgIpc) is 2.66. The predicted octanol–water partition coefficient (Wildman–Crippen LogP) is 2.59. The van der Waals surface area contributed by atoms with Gasteiger partial charge in [-0.05, 0) is 37.1 Å². The Morgan fingerprint density at radius 2 is 1.95 bits per heavy atom. The quantitative estimate of drug-likeness (QED) is 0.620. The number of amides is 1. The summed E-state index contributed by atoms with van der Waals surface area (Å²) in [5.74, 6) is -0.247. The highest BCUT2D eigenvalue weighted by molar-refractivity contribution is 9.09. The number of ether oxygens (including phenoxy) is 1. The number of nitrogens with zero attached hydrogens (tertiary/aromatic N) is 1. The van der Waals surface area contributed by atoms with Gasteiger partial charge in [0.05, 0.1) is 12.7 Å². The summed E-state index contributed by atoms with van der Waals surface area (Å²) in [4.78, 5) is 25.5. The van der Waals surface area contributed by atoms with E-state index in [4.69, 9.17) is 4.74 Å². The van der Waals surface area contributed by atoms with Crippen molar-refractivity contribution in [1.82, 2.24) is 0 Å². The first kappa shape index (κ1) is 14.1. The second kappa shape index (κ2) is 5.33. The van der Waals surface area contributed by atoms with E-state index in [0.717, 1.165) is 16.8 Å². The first-order chi connectivity index (χ1) is 8.93. The first-order valence-electron chi connectivity index (χ1n) is 6.08. The van der Waals surface area contributed by atoms with Crippen LogP contribution in [0, 0.1) is 13.8 Å². The Bertz CT molecular complexity index is 518. The molecule has 0 spiro atoms. The molecule has 5 heteroatoms. The van der Waals surface area contributed by atoms with Crippen LogP contribution in [0.1, 0.15) is 27.9 Å². The van der Waals surface area contributed by atoms with Crippen LogP contribution < -0.4 is 4.90 Å². The van der Waals surface area contributed by atoms with E-state index < -0.39 is 0 Å². The number of hydrogen-bond donors (Lipinski definition) is 0. The van der Waals surface area contributed by atoms with Crippen molar-refractivity contribution in [1.29, 1.82) is 0 Å². The van der Waals surface area contributed by atoms with Crippen LogP contribution in [0.2, 0.25) is 0 Å². The molecule has 1 heterocycles. The smallest absolute Gasteiger partial charge is 0.337 e. The lowest BCUT2D eigenvalue weighted by Gasteiger charge is -2.21. The molecule has 1 saturated heterocycles. The van der Waals surface area contributed by atoms with Crippen molar-refractivity contribution in [2.75, 3.05) is 18.6 Å². The summed E-state index contributed by atoms with van der Waals surface area (Å²) < 4.78 is 4.72. The van der Waals surface area contributed by atoms with Crippen LogP contribution in [0.15, 0.2) is 12.1 Å². The number of aryl methyl sites for hydroxylation is 2. The zero-order valence-corrected chi connectivity index (χ0v) is 12.8. The fourth-order valence-electron chi connectivity index (χ4n) is 2.50. The van der Waals surface area contributed by atoms with E-state index in [1.54, 1.807) is 17.0 Å². The Morgan fingerprint density at radius 3 is 2.37 bits per heavy atom. The Balaban J connectivity index is 2.43. The van der Waals surface area contributed by atoms with Crippen LogP contribution in [0.5, 0.6) is 0 Å². The lowest BCUT2D eigenvalue weighted by Crippen LogP contribution is -2.26. The number of halogens is 1. The molecule has 2 rings (SSSR count). The van der Waals surface area contributed by atoms with Crippen molar-refractivity contribution < 1.29 is 14.3 Å². The molecule has 0 radical (unpaired) electrons. The molecule has 1 aliphatic heterocycles. The Labute approximate surface area is 120 Å². The molecule has 1 unspecified atom stereocenters. The van der Waals surface area contributed by atoms with Gasteiger partial charge in [-0.2, -0.15) is 0 Å². The molecule has 1 aromatic carbocycles. The normalized spacial score (nSPS) is 18.8. The van der Waals surface area contributed by atoms with Crippen LogP contribution in [0.25, 0.3) is 0 Å². The number of hydrogen-bond acceptors (Lipinski definition) is 3. The molecule has 1 aromatic rings. The van der Waals surface area contributed by atoms with E-state index in [0.29, 0.717) is 18.5 Å². The number of alkyl halides is 1. The van der Waals surface area contributed by atoms with E-state index in [1.807, 2.05) is 13.8 Å². The van der Waals surface area contributed by atoms with Gasteiger partial charge in [0.25, 0.3) is 0 Å². The second-order valence-corrected chi connectivity index (χ2v) is 6.05. The van der Waals surface area contributed by atoms with Crippen LogP contribution in [-0.4, -0.2) is 30.4 Å². The minimum atomic E-state index is -0.358. The van der Waals surface area contributed by atoms with Crippen molar-refractivity contribution in [2.24, 2.45) is 0 Å². The standard InChI is InChI=1S/C14H16BrNO3/c1-8-4-10(14(18)19-3)5-9(2)13(8)16-7-11(15)6-12(16)17/h4-5,11H,6-7H2,1-3H3. The molecule has 1 aliphatic rings. The van der Waals surface area contributed by atoms with Crippen molar-refractivity contribution in [3.05, 3.63) is 28.8 Å². The number of rotatable bonds is 2. The average molecular weight is 326 g/mol. The second-order valence-electron chi connectivity index (χ2n) is 4.76. The molecule has 0 saturated carbocycles. The highest BCUT2D eigenvalue weighted by atomic mass is 79.9. The fourth-order valence-corrected chi connectivity index (χ4v) is 3.06. The maximum absolute atomic E-state index is 12.0. The number of anilines is 1. The third-order valence-electron chi connectivity index (χ3n) is 3.26. The summed E-state index contributed by atoms with van der Waals surface area (Å²) in [7, 11) is 1.36. The molecule has 102 valence electrons. The van der Waals surface area contributed by atoms with Crippen LogP contribution >= 0.6 is 15.9 Å². The third kappa shape index (κ3) is 2.66. The van der Waals surface area contributed by atoms with Gasteiger partial charge >= 0.3 is 5.97 Å². The predicted molar refractivity (Wildman–Crippen MR) is 76.9 cm³/mol. The maximum Gasteiger partial charge on any atom is 0.337 e. The first-order valence-corrected chi connectivity index (χ1v) is 6.99. The van der Waals surface area contributed by atoms with Crippen LogP contribution in [-0.2, 0) is 9.53 Å². The zero-order chi connectivity index (χ0) is 14.2. The van der Waals surface area contributed by atoms with Crippen molar-refractivity contribution in [3.63, 3.8) is 0 Å². The molecule has 4 nitrogen and oxygen atoms in total. The molecule has 0 N–H and O–H groups in total. The molecule has 1 amide bonds. The maximum atomic E-state index is 12.0. The van der Waals surface area contributed by atoms with E-state index in [-0.39, 0.29) is 16.7 Å². The summed E-state index contributed by atoms with van der Waals surface area (Å²) in [6.07, 6.45) is 0.512. The van der Waals surface area contributed by atoms with E-state index >= 15 is 0 Å². The van der Waals surface area contributed by atoms with Gasteiger partial charge in [-0.25, -0.2) is 4.79 Å². The third-order valence-corrected chi connectivity index (χ3v) is 3.87. The SMILES string of the molecule is COC(=O)c1cc(C)c(N2CC(Br)CC2=O)c(C)c1. The Hall–Kier alpha value is -1.36. The lowest BCUT2D eigenvalue weighted by molar-refractivity contribution is -0.117. The minimum Gasteiger partial charge on any atom is -0.465 e.